The number of ketones is 1. The molecule has 4 nitrogen and oxygen atoms in total. The maximum Gasteiger partial charge on any atom is 0.316 e. The number of rotatable bonds is 4. The molecule has 0 aliphatic rings. The molecule has 4 heteroatoms. The van der Waals surface area contributed by atoms with Crippen LogP contribution in [0.25, 0.3) is 0 Å². The number of aromatic nitrogens is 2. The molecule has 1 aromatic rings. The minimum Gasteiger partial charge on any atom is -0.467 e. The van der Waals surface area contributed by atoms with Crippen molar-refractivity contribution in [3.05, 3.63) is 18.0 Å². The fourth-order valence-electron chi connectivity index (χ4n) is 0.898. The van der Waals surface area contributed by atoms with Crippen molar-refractivity contribution in [3.63, 3.8) is 0 Å². The summed E-state index contributed by atoms with van der Waals surface area (Å²) in [4.78, 5) is 18.5. The third-order valence-corrected chi connectivity index (χ3v) is 1.63. The molecule has 0 fully saturated rings. The molecule has 1 rings (SSSR count). The lowest BCUT2D eigenvalue weighted by molar-refractivity contribution is -0.116. The van der Waals surface area contributed by atoms with E-state index < -0.39 is 0 Å². The van der Waals surface area contributed by atoms with Crippen molar-refractivity contribution in [2.24, 2.45) is 0 Å². The molecule has 13 heavy (non-hydrogen) atoms. The number of carbonyl (C=O) groups excluding carboxylic acids is 1. The monoisotopic (exact) mass is 180 g/mol. The summed E-state index contributed by atoms with van der Waals surface area (Å²) in [5.41, 5.74) is 0.955. The third kappa shape index (κ3) is 3.19. The van der Waals surface area contributed by atoms with Crippen molar-refractivity contribution in [2.45, 2.75) is 19.8 Å². The molecule has 0 unspecified atom stereocenters. The normalized spacial score (nSPS) is 9.69. The fourth-order valence-corrected chi connectivity index (χ4v) is 0.898. The molecule has 0 bridgehead atoms. The van der Waals surface area contributed by atoms with E-state index in [1.54, 1.807) is 19.3 Å². The number of carbonyl (C=O) groups is 1. The molecule has 1 aromatic heterocycles. The molecular formula is C9H12N2O2. The lowest BCUT2D eigenvalue weighted by atomic mass is 10.1. The standard InChI is InChI=1S/C9H12N2O2/c1-7(12)3-4-8-5-10-9(13-2)11-6-8/h5-6H,3-4H2,1-2H3. The van der Waals surface area contributed by atoms with Crippen LogP contribution in [-0.2, 0) is 11.2 Å². The summed E-state index contributed by atoms with van der Waals surface area (Å²) in [6, 6.07) is 0.353. The van der Waals surface area contributed by atoms with Crippen LogP contribution in [-0.4, -0.2) is 22.9 Å². The van der Waals surface area contributed by atoms with Gasteiger partial charge in [-0.3, -0.25) is 0 Å². The third-order valence-electron chi connectivity index (χ3n) is 1.63. The molecule has 0 saturated carbocycles. The summed E-state index contributed by atoms with van der Waals surface area (Å²) in [5, 5.41) is 0. The van der Waals surface area contributed by atoms with Crippen LogP contribution in [0.2, 0.25) is 0 Å². The minimum atomic E-state index is 0.177. The Labute approximate surface area is 77.0 Å². The summed E-state index contributed by atoms with van der Waals surface area (Å²) >= 11 is 0. The molecule has 0 amide bonds. The predicted octanol–water partition coefficient (Wildman–Crippen LogP) is 1.01. The van der Waals surface area contributed by atoms with Crippen LogP contribution in [0, 0.1) is 0 Å². The molecule has 0 aromatic carbocycles. The smallest absolute Gasteiger partial charge is 0.316 e. The van der Waals surface area contributed by atoms with E-state index in [1.165, 1.54) is 7.11 Å². The highest BCUT2D eigenvalue weighted by Crippen LogP contribution is 2.04. The minimum absolute atomic E-state index is 0.177. The molecule has 0 atom stereocenters. The quantitative estimate of drug-likeness (QED) is 0.693. The van der Waals surface area contributed by atoms with E-state index in [0.717, 1.165) is 5.56 Å². The van der Waals surface area contributed by atoms with Gasteiger partial charge >= 0.3 is 6.01 Å². The van der Waals surface area contributed by atoms with Gasteiger partial charge in [-0.05, 0) is 18.9 Å². The zero-order chi connectivity index (χ0) is 9.68. The van der Waals surface area contributed by atoms with Crippen molar-refractivity contribution in [2.75, 3.05) is 7.11 Å². The molecule has 0 aliphatic heterocycles. The Morgan fingerprint density at radius 3 is 2.54 bits per heavy atom. The van der Waals surface area contributed by atoms with Crippen LogP contribution < -0.4 is 4.74 Å². The predicted molar refractivity (Wildman–Crippen MR) is 47.6 cm³/mol. The van der Waals surface area contributed by atoms with E-state index in [0.29, 0.717) is 18.9 Å². The highest BCUT2D eigenvalue weighted by atomic mass is 16.5. The maximum atomic E-state index is 10.7. The SMILES string of the molecule is COc1ncc(CCC(C)=O)cn1. The first-order chi connectivity index (χ1) is 6.22. The second-order valence-corrected chi connectivity index (χ2v) is 2.78. The van der Waals surface area contributed by atoms with Gasteiger partial charge in [0.1, 0.15) is 5.78 Å². The Balaban J connectivity index is 2.54. The van der Waals surface area contributed by atoms with E-state index in [4.69, 9.17) is 4.74 Å². The Morgan fingerprint density at radius 1 is 1.46 bits per heavy atom. The van der Waals surface area contributed by atoms with Crippen molar-refractivity contribution in [3.8, 4) is 6.01 Å². The van der Waals surface area contributed by atoms with Gasteiger partial charge in [0.15, 0.2) is 0 Å². The number of hydrogen-bond acceptors (Lipinski definition) is 4. The van der Waals surface area contributed by atoms with Crippen LogP contribution >= 0.6 is 0 Å². The Bertz CT molecular complexity index is 282. The number of methoxy groups -OCH3 is 1. The Morgan fingerprint density at radius 2 is 2.08 bits per heavy atom. The van der Waals surface area contributed by atoms with E-state index in [-0.39, 0.29) is 5.78 Å². The number of ether oxygens (including phenoxy) is 1. The van der Waals surface area contributed by atoms with Crippen LogP contribution in [0.5, 0.6) is 6.01 Å². The highest BCUT2D eigenvalue weighted by molar-refractivity contribution is 5.75. The highest BCUT2D eigenvalue weighted by Gasteiger charge is 1.98. The van der Waals surface area contributed by atoms with Gasteiger partial charge in [0, 0.05) is 18.8 Å². The van der Waals surface area contributed by atoms with Crippen LogP contribution in [0.1, 0.15) is 18.9 Å². The van der Waals surface area contributed by atoms with Crippen molar-refractivity contribution in [1.82, 2.24) is 9.97 Å². The number of nitrogens with zero attached hydrogens (tertiary/aromatic N) is 2. The van der Waals surface area contributed by atoms with Crippen molar-refractivity contribution >= 4 is 5.78 Å². The van der Waals surface area contributed by atoms with Gasteiger partial charge in [-0.2, -0.15) is 0 Å². The van der Waals surface area contributed by atoms with Gasteiger partial charge in [0.2, 0.25) is 0 Å². The van der Waals surface area contributed by atoms with Gasteiger partial charge in [0.05, 0.1) is 7.11 Å². The van der Waals surface area contributed by atoms with E-state index in [1.807, 2.05) is 0 Å². The Hall–Kier alpha value is -1.45. The van der Waals surface area contributed by atoms with Crippen LogP contribution in [0.4, 0.5) is 0 Å². The van der Waals surface area contributed by atoms with Crippen molar-refractivity contribution < 1.29 is 9.53 Å². The van der Waals surface area contributed by atoms with Gasteiger partial charge < -0.3 is 9.53 Å². The average Bonchev–Trinajstić information content (AvgIpc) is 2.15. The van der Waals surface area contributed by atoms with Crippen LogP contribution in [0.3, 0.4) is 0 Å². The van der Waals surface area contributed by atoms with E-state index >= 15 is 0 Å². The summed E-state index contributed by atoms with van der Waals surface area (Å²) < 4.78 is 4.81. The molecule has 0 radical (unpaired) electrons. The van der Waals surface area contributed by atoms with E-state index in [2.05, 4.69) is 9.97 Å². The van der Waals surface area contributed by atoms with Gasteiger partial charge in [-0.25, -0.2) is 9.97 Å². The fraction of sp³-hybridized carbons (Fsp3) is 0.444. The number of hydrogen-bond donors (Lipinski definition) is 0. The topological polar surface area (TPSA) is 52.1 Å². The Kier molecular flexibility index (Phi) is 3.37. The molecule has 70 valence electrons. The summed E-state index contributed by atoms with van der Waals surface area (Å²) in [6.07, 6.45) is 4.58. The largest absolute Gasteiger partial charge is 0.467 e. The zero-order valence-electron chi connectivity index (χ0n) is 7.78. The molecular weight excluding hydrogens is 168 g/mol. The summed E-state index contributed by atoms with van der Waals surface area (Å²) in [6.45, 7) is 1.57. The first-order valence-corrected chi connectivity index (χ1v) is 4.06. The molecule has 0 N–H and O–H groups in total. The zero-order valence-corrected chi connectivity index (χ0v) is 7.78. The molecule has 0 spiro atoms. The van der Waals surface area contributed by atoms with Gasteiger partial charge in [0.25, 0.3) is 0 Å². The average molecular weight is 180 g/mol. The first-order valence-electron chi connectivity index (χ1n) is 4.06. The lowest BCUT2D eigenvalue weighted by Crippen LogP contribution is -1.97. The number of Topliss-reactive ketones (excluding diaryl/α,β-unsaturated/α-hetero) is 1. The lowest BCUT2D eigenvalue weighted by Gasteiger charge is -1.99. The van der Waals surface area contributed by atoms with Gasteiger partial charge in [-0.1, -0.05) is 0 Å². The first kappa shape index (κ1) is 9.64. The maximum absolute atomic E-state index is 10.7. The second-order valence-electron chi connectivity index (χ2n) is 2.78. The van der Waals surface area contributed by atoms with Crippen LogP contribution in [0.15, 0.2) is 12.4 Å². The molecule has 0 aliphatic carbocycles. The van der Waals surface area contributed by atoms with Crippen molar-refractivity contribution in [1.29, 1.82) is 0 Å². The summed E-state index contributed by atoms with van der Waals surface area (Å²) in [7, 11) is 1.52. The number of aryl methyl sites for hydroxylation is 1. The second kappa shape index (κ2) is 4.54. The van der Waals surface area contributed by atoms with Gasteiger partial charge in [-0.15, -0.1) is 0 Å². The summed E-state index contributed by atoms with van der Waals surface area (Å²) in [5.74, 6) is 0.177. The molecule has 1 heterocycles. The molecule has 0 saturated heterocycles. The van der Waals surface area contributed by atoms with E-state index in [9.17, 15) is 4.79 Å².